The topological polar surface area (TPSA) is 53.3 Å². The van der Waals surface area contributed by atoms with Gasteiger partial charge < -0.3 is 9.64 Å². The van der Waals surface area contributed by atoms with Gasteiger partial charge in [-0.25, -0.2) is 0 Å². The van der Waals surface area contributed by atoms with Crippen molar-refractivity contribution < 1.29 is 9.53 Å². The fourth-order valence-corrected chi connectivity index (χ4v) is 1.88. The number of benzene rings is 1. The molecule has 94 valence electrons. The van der Waals surface area contributed by atoms with Gasteiger partial charge in [0.2, 0.25) is 0 Å². The van der Waals surface area contributed by atoms with Gasteiger partial charge in [0.05, 0.1) is 11.6 Å². The Kier molecular flexibility index (Phi) is 4.93. The second kappa shape index (κ2) is 6.22. The van der Waals surface area contributed by atoms with E-state index < -0.39 is 0 Å². The fourth-order valence-electron chi connectivity index (χ4n) is 1.32. The van der Waals surface area contributed by atoms with E-state index in [-0.39, 0.29) is 11.5 Å². The van der Waals surface area contributed by atoms with Crippen LogP contribution in [0.1, 0.15) is 5.56 Å². The standard InChI is InChI=1S/C13H13BrN2O2/c1-16(2)13(17)10(8-15)6-9-4-5-12(18-3)11(14)7-9/h4-7H,1-3H3/b10-6-. The van der Waals surface area contributed by atoms with Crippen molar-refractivity contribution in [1.29, 1.82) is 5.26 Å². The van der Waals surface area contributed by atoms with Crippen LogP contribution >= 0.6 is 15.9 Å². The number of carbonyl (C=O) groups excluding carboxylic acids is 1. The van der Waals surface area contributed by atoms with Gasteiger partial charge >= 0.3 is 0 Å². The van der Waals surface area contributed by atoms with E-state index in [4.69, 9.17) is 10.00 Å². The van der Waals surface area contributed by atoms with E-state index in [0.717, 1.165) is 10.0 Å². The van der Waals surface area contributed by atoms with Crippen molar-refractivity contribution in [2.45, 2.75) is 0 Å². The number of hydrogen-bond acceptors (Lipinski definition) is 3. The predicted molar refractivity (Wildman–Crippen MR) is 73.0 cm³/mol. The van der Waals surface area contributed by atoms with Crippen LogP contribution in [-0.2, 0) is 4.79 Å². The minimum Gasteiger partial charge on any atom is -0.496 e. The average Bonchev–Trinajstić information content (AvgIpc) is 2.35. The minimum absolute atomic E-state index is 0.0945. The Morgan fingerprint density at radius 2 is 2.17 bits per heavy atom. The van der Waals surface area contributed by atoms with Crippen LogP contribution in [-0.4, -0.2) is 32.0 Å². The van der Waals surface area contributed by atoms with Crippen molar-refractivity contribution in [2.75, 3.05) is 21.2 Å². The molecule has 0 heterocycles. The van der Waals surface area contributed by atoms with Crippen LogP contribution in [0.15, 0.2) is 28.2 Å². The SMILES string of the molecule is COc1ccc(/C=C(/C#N)C(=O)N(C)C)cc1Br. The van der Waals surface area contributed by atoms with Gasteiger partial charge in [-0.15, -0.1) is 0 Å². The Balaban J connectivity index is 3.12. The summed E-state index contributed by atoms with van der Waals surface area (Å²) in [5.74, 6) is 0.383. The van der Waals surface area contributed by atoms with Crippen LogP contribution in [0.2, 0.25) is 0 Å². The van der Waals surface area contributed by atoms with Gasteiger partial charge in [0, 0.05) is 14.1 Å². The number of nitriles is 1. The van der Waals surface area contributed by atoms with Gasteiger partial charge in [0.25, 0.3) is 5.91 Å². The second-order valence-electron chi connectivity index (χ2n) is 3.76. The molecule has 4 nitrogen and oxygen atoms in total. The number of ether oxygens (including phenoxy) is 1. The molecule has 0 saturated carbocycles. The lowest BCUT2D eigenvalue weighted by Crippen LogP contribution is -2.22. The summed E-state index contributed by atoms with van der Waals surface area (Å²) in [5, 5.41) is 8.97. The summed E-state index contributed by atoms with van der Waals surface area (Å²) >= 11 is 3.35. The first-order valence-electron chi connectivity index (χ1n) is 5.16. The molecule has 0 saturated heterocycles. The quantitative estimate of drug-likeness (QED) is 0.636. The highest BCUT2D eigenvalue weighted by molar-refractivity contribution is 9.10. The van der Waals surface area contributed by atoms with Crippen LogP contribution in [0, 0.1) is 11.3 Å². The van der Waals surface area contributed by atoms with E-state index in [2.05, 4.69) is 15.9 Å². The summed E-state index contributed by atoms with van der Waals surface area (Å²) in [6.07, 6.45) is 1.55. The third-order valence-corrected chi connectivity index (χ3v) is 2.86. The van der Waals surface area contributed by atoms with Crippen LogP contribution in [0.25, 0.3) is 6.08 Å². The van der Waals surface area contributed by atoms with E-state index in [1.165, 1.54) is 4.90 Å². The molecule has 0 aliphatic rings. The largest absolute Gasteiger partial charge is 0.496 e. The normalized spacial score (nSPS) is 10.7. The maximum absolute atomic E-state index is 11.7. The van der Waals surface area contributed by atoms with Crippen LogP contribution in [0.3, 0.4) is 0 Å². The lowest BCUT2D eigenvalue weighted by Gasteiger charge is -2.09. The molecule has 1 aromatic carbocycles. The molecule has 0 atom stereocenters. The molecule has 5 heteroatoms. The Morgan fingerprint density at radius 1 is 1.50 bits per heavy atom. The molecule has 0 aromatic heterocycles. The van der Waals surface area contributed by atoms with E-state index in [9.17, 15) is 4.79 Å². The number of halogens is 1. The van der Waals surface area contributed by atoms with E-state index >= 15 is 0 Å². The molecule has 0 aliphatic heterocycles. The van der Waals surface area contributed by atoms with Gasteiger partial charge in [-0.2, -0.15) is 5.26 Å². The molecule has 1 rings (SSSR count). The maximum Gasteiger partial charge on any atom is 0.264 e. The predicted octanol–water partition coefficient (Wildman–Crippen LogP) is 2.45. The first kappa shape index (κ1) is 14.3. The first-order valence-corrected chi connectivity index (χ1v) is 5.96. The zero-order chi connectivity index (χ0) is 13.7. The highest BCUT2D eigenvalue weighted by Crippen LogP contribution is 2.26. The van der Waals surface area contributed by atoms with Crippen molar-refractivity contribution in [1.82, 2.24) is 4.90 Å². The lowest BCUT2D eigenvalue weighted by molar-refractivity contribution is -0.124. The number of nitrogens with zero attached hydrogens (tertiary/aromatic N) is 2. The second-order valence-corrected chi connectivity index (χ2v) is 4.62. The molecule has 0 N–H and O–H groups in total. The van der Waals surface area contributed by atoms with Crippen LogP contribution in [0.5, 0.6) is 5.75 Å². The zero-order valence-electron chi connectivity index (χ0n) is 10.4. The van der Waals surface area contributed by atoms with Crippen molar-refractivity contribution in [3.05, 3.63) is 33.8 Å². The summed E-state index contributed by atoms with van der Waals surface area (Å²) in [4.78, 5) is 13.1. The van der Waals surface area contributed by atoms with Crippen molar-refractivity contribution in [3.8, 4) is 11.8 Å². The average molecular weight is 309 g/mol. The molecular formula is C13H13BrN2O2. The van der Waals surface area contributed by atoms with Crippen LogP contribution < -0.4 is 4.74 Å². The lowest BCUT2D eigenvalue weighted by atomic mass is 10.1. The third-order valence-electron chi connectivity index (χ3n) is 2.24. The van der Waals surface area contributed by atoms with E-state index in [1.54, 1.807) is 45.5 Å². The van der Waals surface area contributed by atoms with Gasteiger partial charge in [0.1, 0.15) is 17.4 Å². The number of hydrogen-bond donors (Lipinski definition) is 0. The zero-order valence-corrected chi connectivity index (χ0v) is 12.0. The maximum atomic E-state index is 11.7. The molecule has 0 aliphatic carbocycles. The Morgan fingerprint density at radius 3 is 2.61 bits per heavy atom. The highest BCUT2D eigenvalue weighted by Gasteiger charge is 2.11. The number of methoxy groups -OCH3 is 1. The third kappa shape index (κ3) is 3.34. The van der Waals surface area contributed by atoms with Gasteiger partial charge in [0.15, 0.2) is 0 Å². The molecule has 1 amide bonds. The molecule has 0 bridgehead atoms. The Labute approximate surface area is 115 Å². The van der Waals surface area contributed by atoms with Crippen molar-refractivity contribution >= 4 is 27.9 Å². The summed E-state index contributed by atoms with van der Waals surface area (Å²) < 4.78 is 5.88. The van der Waals surface area contributed by atoms with E-state index in [1.807, 2.05) is 6.07 Å². The number of rotatable bonds is 3. The molecule has 1 aromatic rings. The Bertz CT molecular complexity index is 530. The molecule has 0 radical (unpaired) electrons. The van der Waals surface area contributed by atoms with Gasteiger partial charge in [-0.1, -0.05) is 6.07 Å². The van der Waals surface area contributed by atoms with Crippen LogP contribution in [0.4, 0.5) is 0 Å². The molecule has 0 unspecified atom stereocenters. The van der Waals surface area contributed by atoms with E-state index in [0.29, 0.717) is 5.75 Å². The molecule has 0 fully saturated rings. The minimum atomic E-state index is -0.315. The highest BCUT2D eigenvalue weighted by atomic mass is 79.9. The van der Waals surface area contributed by atoms with Gasteiger partial charge in [-0.05, 0) is 39.7 Å². The summed E-state index contributed by atoms with van der Waals surface area (Å²) in [5.41, 5.74) is 0.853. The first-order chi connectivity index (χ1) is 8.49. The fraction of sp³-hybridized carbons (Fsp3) is 0.231. The number of amides is 1. The van der Waals surface area contributed by atoms with Gasteiger partial charge in [-0.3, -0.25) is 4.79 Å². The monoisotopic (exact) mass is 308 g/mol. The molecule has 18 heavy (non-hydrogen) atoms. The van der Waals surface area contributed by atoms with Crippen molar-refractivity contribution in [3.63, 3.8) is 0 Å². The summed E-state index contributed by atoms with van der Waals surface area (Å²) in [7, 11) is 4.79. The number of likely N-dealkylation sites (N-methyl/N-ethyl adjacent to an activating group) is 1. The Hall–Kier alpha value is -1.80. The molecule has 0 spiro atoms. The van der Waals surface area contributed by atoms with Crippen molar-refractivity contribution in [2.24, 2.45) is 0 Å². The summed E-state index contributed by atoms with van der Waals surface area (Å²) in [6.45, 7) is 0. The smallest absolute Gasteiger partial charge is 0.264 e. The number of carbonyl (C=O) groups is 1. The molecular weight excluding hydrogens is 296 g/mol. The summed E-state index contributed by atoms with van der Waals surface area (Å²) in [6, 6.07) is 7.24.